The number of aliphatic hydroxyl groups is 1. The summed E-state index contributed by atoms with van der Waals surface area (Å²) in [5.74, 6) is 1.80. The van der Waals surface area contributed by atoms with E-state index in [0.29, 0.717) is 17.7 Å². The van der Waals surface area contributed by atoms with Gasteiger partial charge in [0.25, 0.3) is 0 Å². The lowest BCUT2D eigenvalue weighted by Gasteiger charge is -2.46. The molecule has 0 radical (unpaired) electrons. The van der Waals surface area contributed by atoms with Gasteiger partial charge in [0.05, 0.1) is 13.7 Å². The maximum Gasteiger partial charge on any atom is 0.161 e. The van der Waals surface area contributed by atoms with Crippen LogP contribution in [0.2, 0.25) is 0 Å². The first-order valence-corrected chi connectivity index (χ1v) is 10.5. The Morgan fingerprint density at radius 2 is 1.97 bits per heavy atom. The highest BCUT2D eigenvalue weighted by molar-refractivity contribution is 5.50. The minimum Gasteiger partial charge on any atom is -0.493 e. The highest BCUT2D eigenvalue weighted by Crippen LogP contribution is 2.44. The molecule has 5 nitrogen and oxygen atoms in total. The fourth-order valence-corrected chi connectivity index (χ4v) is 4.98. The van der Waals surface area contributed by atoms with Crippen molar-refractivity contribution >= 4 is 0 Å². The third-order valence-electron chi connectivity index (χ3n) is 6.52. The van der Waals surface area contributed by atoms with Crippen molar-refractivity contribution in [2.75, 3.05) is 33.4 Å². The Kier molecular flexibility index (Phi) is 5.81. The van der Waals surface area contributed by atoms with Crippen LogP contribution in [-0.4, -0.2) is 49.5 Å². The van der Waals surface area contributed by atoms with Crippen molar-refractivity contribution in [1.82, 2.24) is 4.90 Å². The number of fused-ring (bicyclic) bond motifs is 3. The van der Waals surface area contributed by atoms with E-state index in [-0.39, 0.29) is 19.3 Å². The van der Waals surface area contributed by atoms with Gasteiger partial charge in [-0.05, 0) is 61.1 Å². The zero-order valence-corrected chi connectivity index (χ0v) is 17.6. The number of piperidine rings is 1. The summed E-state index contributed by atoms with van der Waals surface area (Å²) in [4.78, 5) is 2.59. The topological polar surface area (TPSA) is 68.0 Å². The van der Waals surface area contributed by atoms with Crippen molar-refractivity contribution in [3.8, 4) is 11.5 Å². The summed E-state index contributed by atoms with van der Waals surface area (Å²) in [7, 11) is 1.66. The molecule has 2 aliphatic heterocycles. The van der Waals surface area contributed by atoms with Crippen LogP contribution in [0.4, 0.5) is 0 Å². The predicted molar refractivity (Wildman–Crippen MR) is 115 cm³/mol. The van der Waals surface area contributed by atoms with Crippen molar-refractivity contribution in [3.05, 3.63) is 58.1 Å². The van der Waals surface area contributed by atoms with Gasteiger partial charge in [0.1, 0.15) is 6.61 Å². The van der Waals surface area contributed by atoms with Crippen LogP contribution in [0.3, 0.4) is 0 Å². The molecule has 0 spiro atoms. The molecule has 3 atom stereocenters. The first kappa shape index (κ1) is 20.2. The van der Waals surface area contributed by atoms with Crippen LogP contribution < -0.4 is 15.2 Å². The van der Waals surface area contributed by atoms with Gasteiger partial charge in [0, 0.05) is 31.1 Å². The Morgan fingerprint density at radius 3 is 2.72 bits per heavy atom. The number of methoxy groups -OCH3 is 1. The number of hydrogen-bond donors (Lipinski definition) is 2. The number of aryl methyl sites for hydroxylation is 2. The molecule has 0 amide bonds. The summed E-state index contributed by atoms with van der Waals surface area (Å²) >= 11 is 0. The first-order chi connectivity index (χ1) is 14.0. The molecule has 4 rings (SSSR count). The van der Waals surface area contributed by atoms with E-state index < -0.39 is 0 Å². The summed E-state index contributed by atoms with van der Waals surface area (Å²) in [5.41, 5.74) is 13.4. The third-order valence-corrected chi connectivity index (χ3v) is 6.52. The van der Waals surface area contributed by atoms with E-state index in [1.165, 1.54) is 27.8 Å². The average Bonchev–Trinajstić information content (AvgIpc) is 2.72. The van der Waals surface area contributed by atoms with Crippen molar-refractivity contribution in [2.45, 2.75) is 44.7 Å². The fourth-order valence-electron chi connectivity index (χ4n) is 4.98. The summed E-state index contributed by atoms with van der Waals surface area (Å²) < 4.78 is 11.3. The van der Waals surface area contributed by atoms with Gasteiger partial charge in [-0.15, -0.1) is 0 Å². The summed E-state index contributed by atoms with van der Waals surface area (Å²) in [6.45, 7) is 6.62. The van der Waals surface area contributed by atoms with Gasteiger partial charge in [-0.3, -0.25) is 4.90 Å². The van der Waals surface area contributed by atoms with Crippen LogP contribution in [0.5, 0.6) is 11.5 Å². The molecule has 29 heavy (non-hydrogen) atoms. The Bertz CT molecular complexity index is 883. The Labute approximate surface area is 173 Å². The second-order valence-corrected chi connectivity index (χ2v) is 8.40. The van der Waals surface area contributed by atoms with Gasteiger partial charge < -0.3 is 20.3 Å². The van der Waals surface area contributed by atoms with Crippen LogP contribution in [0, 0.1) is 13.8 Å². The highest BCUT2D eigenvalue weighted by Gasteiger charge is 2.39. The minimum absolute atomic E-state index is 0.00867. The van der Waals surface area contributed by atoms with Gasteiger partial charge in [0.15, 0.2) is 11.5 Å². The van der Waals surface area contributed by atoms with Crippen LogP contribution in [0.25, 0.3) is 0 Å². The number of aliphatic hydroxyl groups excluding tert-OH is 1. The standard InChI is InChI=1S/C24H32N2O3/c1-15-4-5-16(2)18(10-15)20-14-26-7-6-17-11-24(29-9-8-27)23(28-3)12-19(17)22(26)13-21(20)25/h4-5,10-12,20-22,27H,6-9,13-14,25H2,1-3H3/t20-,21+,22+/m1/s1. The number of ether oxygens (including phenoxy) is 2. The second kappa shape index (κ2) is 8.34. The van der Waals surface area contributed by atoms with Gasteiger partial charge in [-0.25, -0.2) is 0 Å². The molecule has 3 N–H and O–H groups in total. The maximum atomic E-state index is 9.08. The highest BCUT2D eigenvalue weighted by atomic mass is 16.5. The number of benzene rings is 2. The zero-order valence-electron chi connectivity index (χ0n) is 17.6. The zero-order chi connectivity index (χ0) is 20.5. The van der Waals surface area contributed by atoms with E-state index in [4.69, 9.17) is 20.3 Å². The summed E-state index contributed by atoms with van der Waals surface area (Å²) in [6.07, 6.45) is 1.92. The van der Waals surface area contributed by atoms with E-state index in [2.05, 4.69) is 49.1 Å². The van der Waals surface area contributed by atoms with Crippen molar-refractivity contribution in [2.24, 2.45) is 5.73 Å². The number of hydrogen-bond acceptors (Lipinski definition) is 5. The summed E-state index contributed by atoms with van der Waals surface area (Å²) in [5, 5.41) is 9.08. The molecule has 5 heteroatoms. The van der Waals surface area contributed by atoms with E-state index >= 15 is 0 Å². The summed E-state index contributed by atoms with van der Waals surface area (Å²) in [6, 6.07) is 11.3. The lowest BCUT2D eigenvalue weighted by atomic mass is 9.77. The van der Waals surface area contributed by atoms with Crippen LogP contribution in [0.1, 0.15) is 46.2 Å². The average molecular weight is 397 g/mol. The number of rotatable bonds is 5. The molecule has 0 unspecified atom stereocenters. The van der Waals surface area contributed by atoms with Crippen molar-refractivity contribution < 1.29 is 14.6 Å². The molecule has 0 bridgehead atoms. The molecule has 156 valence electrons. The van der Waals surface area contributed by atoms with Crippen LogP contribution >= 0.6 is 0 Å². The lowest BCUT2D eigenvalue weighted by Crippen LogP contribution is -2.49. The largest absolute Gasteiger partial charge is 0.493 e. The maximum absolute atomic E-state index is 9.08. The lowest BCUT2D eigenvalue weighted by molar-refractivity contribution is 0.109. The Balaban J connectivity index is 1.62. The normalized spacial score (nSPS) is 24.0. The number of nitrogens with zero attached hydrogens (tertiary/aromatic N) is 1. The predicted octanol–water partition coefficient (Wildman–Crippen LogP) is 3.10. The Hall–Kier alpha value is -2.08. The molecule has 0 aliphatic carbocycles. The molecule has 2 aliphatic rings. The molecule has 2 aromatic rings. The van der Waals surface area contributed by atoms with Crippen molar-refractivity contribution in [3.63, 3.8) is 0 Å². The third kappa shape index (κ3) is 3.87. The van der Waals surface area contributed by atoms with E-state index in [0.717, 1.165) is 31.7 Å². The van der Waals surface area contributed by atoms with Gasteiger partial charge in [-0.1, -0.05) is 23.8 Å². The van der Waals surface area contributed by atoms with Crippen LogP contribution in [0.15, 0.2) is 30.3 Å². The van der Waals surface area contributed by atoms with Gasteiger partial charge >= 0.3 is 0 Å². The quantitative estimate of drug-likeness (QED) is 0.813. The molecule has 0 aromatic heterocycles. The molecule has 0 saturated carbocycles. The van der Waals surface area contributed by atoms with Crippen molar-refractivity contribution in [1.29, 1.82) is 0 Å². The van der Waals surface area contributed by atoms with Gasteiger partial charge in [0.2, 0.25) is 0 Å². The van der Waals surface area contributed by atoms with Crippen LogP contribution in [-0.2, 0) is 6.42 Å². The smallest absolute Gasteiger partial charge is 0.161 e. The Morgan fingerprint density at radius 1 is 1.14 bits per heavy atom. The first-order valence-electron chi connectivity index (χ1n) is 10.5. The minimum atomic E-state index is -0.00867. The molecule has 2 heterocycles. The van der Waals surface area contributed by atoms with E-state index in [1.54, 1.807) is 7.11 Å². The monoisotopic (exact) mass is 396 g/mol. The van der Waals surface area contributed by atoms with Gasteiger partial charge in [-0.2, -0.15) is 0 Å². The molecular formula is C24H32N2O3. The molecule has 1 saturated heterocycles. The fraction of sp³-hybridized carbons (Fsp3) is 0.500. The van der Waals surface area contributed by atoms with E-state index in [9.17, 15) is 0 Å². The second-order valence-electron chi connectivity index (χ2n) is 8.40. The van der Waals surface area contributed by atoms with E-state index in [1.807, 2.05) is 0 Å². The number of nitrogens with two attached hydrogens (primary N) is 1. The SMILES string of the molecule is COc1cc2c(cc1OCCO)CCN1C[C@H](c3cc(C)ccc3C)[C@@H](N)C[C@@H]21. The molecule has 1 fully saturated rings. The molecule has 2 aromatic carbocycles. The molecular weight excluding hydrogens is 364 g/mol.